The third kappa shape index (κ3) is 5.34. The van der Waals surface area contributed by atoms with Crippen LogP contribution in [0.5, 0.6) is 5.75 Å². The molecule has 1 N–H and O–H groups in total. The Morgan fingerprint density at radius 2 is 1.65 bits per heavy atom. The van der Waals surface area contributed by atoms with Crippen molar-refractivity contribution in [2.75, 3.05) is 18.5 Å². The number of para-hydroxylation sites is 2. The summed E-state index contributed by atoms with van der Waals surface area (Å²) < 4.78 is 10.4. The van der Waals surface area contributed by atoms with Crippen LogP contribution in [0.15, 0.2) is 42.5 Å². The van der Waals surface area contributed by atoms with Crippen molar-refractivity contribution in [2.45, 2.75) is 33.6 Å². The van der Waals surface area contributed by atoms with Gasteiger partial charge in [0.2, 0.25) is 0 Å². The Bertz CT molecular complexity index is 783. The molecule has 0 unspecified atom stereocenters. The predicted molar refractivity (Wildman–Crippen MR) is 102 cm³/mol. The van der Waals surface area contributed by atoms with Crippen LogP contribution in [0.1, 0.15) is 36.5 Å². The molecule has 0 saturated carbocycles. The lowest BCUT2D eigenvalue weighted by molar-refractivity contribution is -0.149. The van der Waals surface area contributed by atoms with Crippen LogP contribution in [0.2, 0.25) is 0 Å². The van der Waals surface area contributed by atoms with Crippen molar-refractivity contribution in [3.8, 4) is 5.75 Å². The Balaban J connectivity index is 1.85. The first-order valence-electron chi connectivity index (χ1n) is 8.62. The van der Waals surface area contributed by atoms with Crippen LogP contribution in [-0.2, 0) is 14.3 Å². The minimum absolute atomic E-state index is 0.236. The molecular weight excluding hydrogens is 330 g/mol. The Morgan fingerprint density at radius 3 is 2.35 bits per heavy atom. The van der Waals surface area contributed by atoms with Gasteiger partial charge < -0.3 is 14.8 Å². The van der Waals surface area contributed by atoms with Gasteiger partial charge in [-0.15, -0.1) is 0 Å². The normalized spacial score (nSPS) is 10.5. The van der Waals surface area contributed by atoms with Crippen LogP contribution in [-0.4, -0.2) is 25.1 Å². The van der Waals surface area contributed by atoms with E-state index in [1.165, 1.54) is 0 Å². The lowest BCUT2D eigenvalue weighted by Crippen LogP contribution is -2.24. The molecule has 2 rings (SSSR count). The van der Waals surface area contributed by atoms with E-state index in [2.05, 4.69) is 19.2 Å². The van der Waals surface area contributed by atoms with Crippen molar-refractivity contribution in [3.63, 3.8) is 0 Å². The molecule has 0 atom stereocenters. The summed E-state index contributed by atoms with van der Waals surface area (Å²) in [6.07, 6.45) is 0. The number of hydrogen-bond acceptors (Lipinski definition) is 4. The largest absolute Gasteiger partial charge is 0.482 e. The number of rotatable bonds is 7. The van der Waals surface area contributed by atoms with E-state index in [1.807, 2.05) is 50.2 Å². The first-order chi connectivity index (χ1) is 12.4. The van der Waals surface area contributed by atoms with Gasteiger partial charge in [-0.1, -0.05) is 50.2 Å². The summed E-state index contributed by atoms with van der Waals surface area (Å²) in [5, 5.41) is 2.84. The highest BCUT2D eigenvalue weighted by molar-refractivity contribution is 5.94. The molecule has 0 bridgehead atoms. The number of hydrogen-bond donors (Lipinski definition) is 1. The molecule has 0 heterocycles. The molecule has 5 heteroatoms. The van der Waals surface area contributed by atoms with Gasteiger partial charge in [0.05, 0.1) is 0 Å². The lowest BCUT2D eigenvalue weighted by Gasteiger charge is -2.16. The Hall–Kier alpha value is -2.82. The average molecular weight is 355 g/mol. The van der Waals surface area contributed by atoms with Crippen molar-refractivity contribution in [2.24, 2.45) is 0 Å². The van der Waals surface area contributed by atoms with E-state index in [0.29, 0.717) is 5.75 Å². The zero-order chi connectivity index (χ0) is 19.1. The number of benzene rings is 2. The van der Waals surface area contributed by atoms with E-state index in [4.69, 9.17) is 9.47 Å². The molecule has 138 valence electrons. The van der Waals surface area contributed by atoms with Crippen molar-refractivity contribution in [3.05, 3.63) is 59.2 Å². The number of amides is 1. The third-order valence-electron chi connectivity index (χ3n) is 3.99. The minimum Gasteiger partial charge on any atom is -0.482 e. The van der Waals surface area contributed by atoms with Gasteiger partial charge in [-0.3, -0.25) is 4.79 Å². The summed E-state index contributed by atoms with van der Waals surface area (Å²) in [4.78, 5) is 23.9. The van der Waals surface area contributed by atoms with E-state index in [-0.39, 0.29) is 25.0 Å². The number of carbonyl (C=O) groups excluding carboxylic acids is 2. The highest BCUT2D eigenvalue weighted by Gasteiger charge is 2.14. The summed E-state index contributed by atoms with van der Waals surface area (Å²) in [7, 11) is 0. The molecule has 0 radical (unpaired) electrons. The van der Waals surface area contributed by atoms with Gasteiger partial charge in [0, 0.05) is 5.69 Å². The van der Waals surface area contributed by atoms with Crippen LogP contribution in [0.3, 0.4) is 0 Å². The van der Waals surface area contributed by atoms with E-state index in [1.54, 1.807) is 6.07 Å². The molecule has 1 amide bonds. The molecule has 2 aromatic carbocycles. The monoisotopic (exact) mass is 355 g/mol. The minimum atomic E-state index is -0.586. The van der Waals surface area contributed by atoms with Crippen molar-refractivity contribution in [1.29, 1.82) is 0 Å². The fourth-order valence-electron chi connectivity index (χ4n) is 2.56. The SMILES string of the molecule is Cc1ccccc1OCC(=O)OCC(=O)Nc1c(C)cccc1C(C)C. The van der Waals surface area contributed by atoms with Gasteiger partial charge in [0.15, 0.2) is 13.2 Å². The number of carbonyl (C=O) groups is 2. The number of aryl methyl sites for hydroxylation is 2. The van der Waals surface area contributed by atoms with E-state index in [9.17, 15) is 9.59 Å². The van der Waals surface area contributed by atoms with Crippen molar-refractivity contribution < 1.29 is 19.1 Å². The van der Waals surface area contributed by atoms with Gasteiger partial charge in [0.1, 0.15) is 5.75 Å². The average Bonchev–Trinajstić information content (AvgIpc) is 2.60. The molecule has 0 aromatic heterocycles. The highest BCUT2D eigenvalue weighted by Crippen LogP contribution is 2.27. The predicted octanol–water partition coefficient (Wildman–Crippen LogP) is 3.99. The highest BCUT2D eigenvalue weighted by atomic mass is 16.6. The van der Waals surface area contributed by atoms with Crippen molar-refractivity contribution >= 4 is 17.6 Å². The Morgan fingerprint density at radius 1 is 0.962 bits per heavy atom. The van der Waals surface area contributed by atoms with Gasteiger partial charge >= 0.3 is 5.97 Å². The number of anilines is 1. The molecule has 0 spiro atoms. The molecule has 0 fully saturated rings. The molecule has 5 nitrogen and oxygen atoms in total. The third-order valence-corrected chi connectivity index (χ3v) is 3.99. The summed E-state index contributed by atoms with van der Waals surface area (Å²) >= 11 is 0. The molecular formula is C21H25NO4. The number of nitrogens with one attached hydrogen (secondary N) is 1. The molecule has 2 aromatic rings. The zero-order valence-corrected chi connectivity index (χ0v) is 15.7. The lowest BCUT2D eigenvalue weighted by atomic mass is 9.98. The number of ether oxygens (including phenoxy) is 2. The van der Waals surface area contributed by atoms with Crippen LogP contribution in [0.4, 0.5) is 5.69 Å². The fourth-order valence-corrected chi connectivity index (χ4v) is 2.56. The van der Waals surface area contributed by atoms with E-state index < -0.39 is 5.97 Å². The number of esters is 1. The Kier molecular flexibility index (Phi) is 6.78. The molecule has 0 aliphatic heterocycles. The molecule has 26 heavy (non-hydrogen) atoms. The second kappa shape index (κ2) is 9.04. The standard InChI is InChI=1S/C21H25NO4/c1-14(2)17-10-7-9-16(4)21(17)22-19(23)12-26-20(24)13-25-18-11-6-5-8-15(18)3/h5-11,14H,12-13H2,1-4H3,(H,22,23). The molecule has 0 aliphatic carbocycles. The van der Waals surface area contributed by atoms with Crippen LogP contribution in [0.25, 0.3) is 0 Å². The summed E-state index contributed by atoms with van der Waals surface area (Å²) in [5.74, 6) is -0.0617. The van der Waals surface area contributed by atoms with E-state index >= 15 is 0 Å². The van der Waals surface area contributed by atoms with Gasteiger partial charge in [-0.2, -0.15) is 0 Å². The smallest absolute Gasteiger partial charge is 0.344 e. The van der Waals surface area contributed by atoms with Crippen LogP contribution in [0, 0.1) is 13.8 Å². The zero-order valence-electron chi connectivity index (χ0n) is 15.7. The first kappa shape index (κ1) is 19.5. The summed E-state index contributed by atoms with van der Waals surface area (Å²) in [6, 6.07) is 13.3. The topological polar surface area (TPSA) is 64.6 Å². The maximum absolute atomic E-state index is 12.1. The fraction of sp³-hybridized carbons (Fsp3) is 0.333. The molecule has 0 saturated heterocycles. The summed E-state index contributed by atoms with van der Waals surface area (Å²) in [5.41, 5.74) is 3.73. The Labute approximate surface area is 154 Å². The second-order valence-electron chi connectivity index (χ2n) is 6.46. The quantitative estimate of drug-likeness (QED) is 0.763. The van der Waals surface area contributed by atoms with Crippen molar-refractivity contribution in [1.82, 2.24) is 0 Å². The van der Waals surface area contributed by atoms with E-state index in [0.717, 1.165) is 22.4 Å². The molecule has 0 aliphatic rings. The first-order valence-corrected chi connectivity index (χ1v) is 8.62. The maximum Gasteiger partial charge on any atom is 0.344 e. The van der Waals surface area contributed by atoms with Gasteiger partial charge in [0.25, 0.3) is 5.91 Å². The maximum atomic E-state index is 12.1. The van der Waals surface area contributed by atoms with Gasteiger partial charge in [-0.05, 0) is 42.5 Å². The van der Waals surface area contributed by atoms with Gasteiger partial charge in [-0.25, -0.2) is 4.79 Å². The van der Waals surface area contributed by atoms with Crippen LogP contribution < -0.4 is 10.1 Å². The second-order valence-corrected chi connectivity index (χ2v) is 6.46. The van der Waals surface area contributed by atoms with Crippen LogP contribution >= 0.6 is 0 Å². The summed E-state index contributed by atoms with van der Waals surface area (Å²) in [6.45, 7) is 7.37.